The molecule has 0 amide bonds. The van der Waals surface area contributed by atoms with Crippen LogP contribution in [0.1, 0.15) is 156 Å². The van der Waals surface area contributed by atoms with E-state index in [0.717, 1.165) is 6.61 Å². The molecule has 0 bridgehead atoms. The van der Waals surface area contributed by atoms with Gasteiger partial charge in [0.1, 0.15) is 0 Å². The predicted octanol–water partition coefficient (Wildman–Crippen LogP) is 9.62. The smallest absolute Gasteiger partial charge is 0.0547 e. The van der Waals surface area contributed by atoms with Crippen LogP contribution in [0.5, 0.6) is 0 Å². The number of unbranched alkanes of at least 4 members (excludes halogenated alkanes) is 18. The first-order valence-corrected chi connectivity index (χ1v) is 12.9. The van der Waals surface area contributed by atoms with Crippen molar-refractivity contribution in [1.29, 1.82) is 0 Å². The fraction of sp³-hybridized carbons (Fsp3) is 1.00. The summed E-state index contributed by atoms with van der Waals surface area (Å²) in [7, 11) is 0. The molecular formula is C26H54O. The van der Waals surface area contributed by atoms with E-state index in [1.54, 1.807) is 0 Å². The van der Waals surface area contributed by atoms with E-state index in [4.69, 9.17) is 4.74 Å². The molecule has 1 unspecified atom stereocenters. The number of hydrogen-bond donors (Lipinski definition) is 0. The van der Waals surface area contributed by atoms with Crippen LogP contribution in [0, 0.1) is 0 Å². The maximum Gasteiger partial charge on any atom is 0.0547 e. The molecule has 0 radical (unpaired) electrons. The maximum atomic E-state index is 5.98. The third-order valence-electron chi connectivity index (χ3n) is 5.86. The normalized spacial score (nSPS) is 12.6. The minimum atomic E-state index is 0.471. The quantitative estimate of drug-likeness (QED) is 0.160. The topological polar surface area (TPSA) is 9.23 Å². The number of rotatable bonds is 23. The molecule has 0 aliphatic carbocycles. The summed E-state index contributed by atoms with van der Waals surface area (Å²) in [5, 5.41) is 0. The Morgan fingerprint density at radius 2 is 0.778 bits per heavy atom. The molecule has 0 aliphatic heterocycles. The van der Waals surface area contributed by atoms with E-state index >= 15 is 0 Å². The van der Waals surface area contributed by atoms with Crippen molar-refractivity contribution in [3.63, 3.8) is 0 Å². The van der Waals surface area contributed by atoms with Gasteiger partial charge in [0.05, 0.1) is 6.10 Å². The Kier molecular flexibility index (Phi) is 24.0. The summed E-state index contributed by atoms with van der Waals surface area (Å²) >= 11 is 0. The summed E-state index contributed by atoms with van der Waals surface area (Å²) in [6.07, 6.45) is 30.0. The van der Waals surface area contributed by atoms with E-state index in [2.05, 4.69) is 20.8 Å². The second-order valence-electron chi connectivity index (χ2n) is 8.83. The van der Waals surface area contributed by atoms with Crippen molar-refractivity contribution in [1.82, 2.24) is 0 Å². The Bertz CT molecular complexity index is 251. The molecule has 0 N–H and O–H groups in total. The van der Waals surface area contributed by atoms with E-state index in [9.17, 15) is 0 Å². The molecule has 0 heterocycles. The standard InChI is InChI=1S/C26H54O/c1-4-6-8-10-12-13-14-15-16-17-18-19-21-23-25-27-26(3)24-22-20-11-9-7-5-2/h26H,4-25H2,1-3H3. The van der Waals surface area contributed by atoms with Crippen molar-refractivity contribution < 1.29 is 4.74 Å². The molecule has 0 saturated carbocycles. The zero-order valence-corrected chi connectivity index (χ0v) is 19.5. The Balaban J connectivity index is 3.09. The van der Waals surface area contributed by atoms with Crippen LogP contribution in [-0.2, 0) is 4.74 Å². The molecule has 0 rings (SSSR count). The minimum Gasteiger partial charge on any atom is -0.379 e. The minimum absolute atomic E-state index is 0.471. The van der Waals surface area contributed by atoms with E-state index < -0.39 is 0 Å². The fourth-order valence-electron chi connectivity index (χ4n) is 3.88. The molecule has 1 nitrogen and oxygen atoms in total. The van der Waals surface area contributed by atoms with E-state index in [1.807, 2.05) is 0 Å². The van der Waals surface area contributed by atoms with E-state index in [0.29, 0.717) is 6.10 Å². The largest absolute Gasteiger partial charge is 0.379 e. The van der Waals surface area contributed by atoms with Gasteiger partial charge in [-0.15, -0.1) is 0 Å². The highest BCUT2D eigenvalue weighted by atomic mass is 16.5. The van der Waals surface area contributed by atoms with Crippen LogP contribution >= 0.6 is 0 Å². The summed E-state index contributed by atoms with van der Waals surface area (Å²) in [5.41, 5.74) is 0. The Hall–Kier alpha value is -0.0400. The van der Waals surface area contributed by atoms with Crippen molar-refractivity contribution in [2.24, 2.45) is 0 Å². The first-order valence-electron chi connectivity index (χ1n) is 12.9. The highest BCUT2D eigenvalue weighted by Gasteiger charge is 2.02. The summed E-state index contributed by atoms with van der Waals surface area (Å²) in [5.74, 6) is 0. The molecule has 164 valence electrons. The molecule has 27 heavy (non-hydrogen) atoms. The first-order chi connectivity index (χ1) is 13.3. The first kappa shape index (κ1) is 27.0. The van der Waals surface area contributed by atoms with Crippen molar-refractivity contribution in [3.05, 3.63) is 0 Å². The second-order valence-corrected chi connectivity index (χ2v) is 8.83. The number of ether oxygens (including phenoxy) is 1. The Labute approximate surface area is 173 Å². The summed E-state index contributed by atoms with van der Waals surface area (Å²) < 4.78 is 5.98. The van der Waals surface area contributed by atoms with Gasteiger partial charge in [0.25, 0.3) is 0 Å². The lowest BCUT2D eigenvalue weighted by Crippen LogP contribution is -2.09. The van der Waals surface area contributed by atoms with Gasteiger partial charge in [-0.3, -0.25) is 0 Å². The van der Waals surface area contributed by atoms with Crippen LogP contribution < -0.4 is 0 Å². The van der Waals surface area contributed by atoms with Crippen LogP contribution in [-0.4, -0.2) is 12.7 Å². The third kappa shape index (κ3) is 23.9. The SMILES string of the molecule is CCCCCCCCCCCCCCCCOC(C)CCCCCCCC. The average molecular weight is 383 g/mol. The highest BCUT2D eigenvalue weighted by molar-refractivity contribution is 4.53. The molecule has 0 fully saturated rings. The molecule has 0 spiro atoms. The van der Waals surface area contributed by atoms with Crippen molar-refractivity contribution >= 4 is 0 Å². The molecular weight excluding hydrogens is 328 g/mol. The molecule has 1 heteroatoms. The monoisotopic (exact) mass is 382 g/mol. The van der Waals surface area contributed by atoms with Gasteiger partial charge in [0.15, 0.2) is 0 Å². The van der Waals surface area contributed by atoms with Gasteiger partial charge < -0.3 is 4.74 Å². The average Bonchev–Trinajstić information content (AvgIpc) is 2.67. The number of hydrogen-bond acceptors (Lipinski definition) is 1. The maximum absolute atomic E-state index is 5.98. The van der Waals surface area contributed by atoms with Crippen molar-refractivity contribution in [3.8, 4) is 0 Å². The van der Waals surface area contributed by atoms with Gasteiger partial charge in [0.2, 0.25) is 0 Å². The summed E-state index contributed by atoms with van der Waals surface area (Å²) in [6, 6.07) is 0. The third-order valence-corrected chi connectivity index (χ3v) is 5.86. The lowest BCUT2D eigenvalue weighted by molar-refractivity contribution is 0.0557. The zero-order valence-electron chi connectivity index (χ0n) is 19.5. The summed E-state index contributed by atoms with van der Waals surface area (Å²) in [4.78, 5) is 0. The van der Waals surface area contributed by atoms with Gasteiger partial charge in [-0.1, -0.05) is 136 Å². The zero-order chi connectivity index (χ0) is 19.8. The van der Waals surface area contributed by atoms with E-state index in [1.165, 1.54) is 135 Å². The lowest BCUT2D eigenvalue weighted by atomic mass is 10.0. The fourth-order valence-corrected chi connectivity index (χ4v) is 3.88. The predicted molar refractivity (Wildman–Crippen MR) is 124 cm³/mol. The van der Waals surface area contributed by atoms with Crippen LogP contribution in [0.2, 0.25) is 0 Å². The lowest BCUT2D eigenvalue weighted by Gasteiger charge is -2.12. The van der Waals surface area contributed by atoms with Gasteiger partial charge in [-0.05, 0) is 19.8 Å². The van der Waals surface area contributed by atoms with Gasteiger partial charge in [-0.25, -0.2) is 0 Å². The highest BCUT2D eigenvalue weighted by Crippen LogP contribution is 2.14. The molecule has 0 aromatic carbocycles. The second kappa shape index (κ2) is 24.0. The van der Waals surface area contributed by atoms with Crippen LogP contribution in [0.3, 0.4) is 0 Å². The molecule has 0 saturated heterocycles. The van der Waals surface area contributed by atoms with Gasteiger partial charge >= 0.3 is 0 Å². The van der Waals surface area contributed by atoms with Crippen molar-refractivity contribution in [2.75, 3.05) is 6.61 Å². The van der Waals surface area contributed by atoms with Crippen LogP contribution in [0.15, 0.2) is 0 Å². The van der Waals surface area contributed by atoms with Crippen LogP contribution in [0.25, 0.3) is 0 Å². The Morgan fingerprint density at radius 3 is 1.19 bits per heavy atom. The molecule has 0 aliphatic rings. The summed E-state index contributed by atoms with van der Waals surface area (Å²) in [6.45, 7) is 7.82. The molecule has 0 aromatic heterocycles. The van der Waals surface area contributed by atoms with Crippen LogP contribution in [0.4, 0.5) is 0 Å². The van der Waals surface area contributed by atoms with Crippen molar-refractivity contribution in [2.45, 2.75) is 162 Å². The Morgan fingerprint density at radius 1 is 0.444 bits per heavy atom. The van der Waals surface area contributed by atoms with Gasteiger partial charge in [-0.2, -0.15) is 0 Å². The molecule has 0 aromatic rings. The van der Waals surface area contributed by atoms with E-state index in [-0.39, 0.29) is 0 Å². The molecule has 1 atom stereocenters. The van der Waals surface area contributed by atoms with Gasteiger partial charge in [0, 0.05) is 6.61 Å².